The number of nitrogens with one attached hydrogen (secondary N) is 1. The van der Waals surface area contributed by atoms with Gasteiger partial charge in [-0.3, -0.25) is 0 Å². The fourth-order valence-electron chi connectivity index (χ4n) is 1.55. The average Bonchev–Trinajstić information content (AvgIpc) is 2.37. The van der Waals surface area contributed by atoms with Gasteiger partial charge >= 0.3 is 0 Å². The van der Waals surface area contributed by atoms with E-state index in [4.69, 9.17) is 9.47 Å². The van der Waals surface area contributed by atoms with Gasteiger partial charge in [-0.2, -0.15) is 0 Å². The molecule has 1 N–H and O–H groups in total. The first-order valence-corrected chi connectivity index (χ1v) is 6.38. The molecule has 3 nitrogen and oxygen atoms in total. The van der Waals surface area contributed by atoms with Crippen LogP contribution in [-0.2, 0) is 11.3 Å². The zero-order valence-electron chi connectivity index (χ0n) is 11.2. The van der Waals surface area contributed by atoms with Gasteiger partial charge in [-0.25, -0.2) is 4.39 Å². The van der Waals surface area contributed by atoms with Gasteiger partial charge in [0.2, 0.25) is 0 Å². The lowest BCUT2D eigenvalue weighted by atomic mass is 10.2. The van der Waals surface area contributed by atoms with E-state index >= 15 is 0 Å². The lowest BCUT2D eigenvalue weighted by Crippen LogP contribution is -2.19. The standard InChI is InChI=1S/C14H22FNO2/c1-3-4-8-18-14-6-5-13(15)10-12(14)11-16-7-9-17-2/h5-6,10,16H,3-4,7-9,11H2,1-2H3. The third-order valence-corrected chi connectivity index (χ3v) is 2.58. The van der Waals surface area contributed by atoms with Gasteiger partial charge in [0.15, 0.2) is 0 Å². The Kier molecular flexibility index (Phi) is 7.37. The smallest absolute Gasteiger partial charge is 0.123 e. The molecule has 0 unspecified atom stereocenters. The minimum Gasteiger partial charge on any atom is -0.493 e. The molecule has 0 aromatic heterocycles. The van der Waals surface area contributed by atoms with Crippen molar-refractivity contribution < 1.29 is 13.9 Å². The van der Waals surface area contributed by atoms with E-state index in [0.29, 0.717) is 19.8 Å². The molecule has 4 heteroatoms. The summed E-state index contributed by atoms with van der Waals surface area (Å²) in [5.41, 5.74) is 0.849. The number of hydrogen-bond acceptors (Lipinski definition) is 3. The highest BCUT2D eigenvalue weighted by Crippen LogP contribution is 2.20. The van der Waals surface area contributed by atoms with Crippen LogP contribution in [0.25, 0.3) is 0 Å². The highest BCUT2D eigenvalue weighted by Gasteiger charge is 2.05. The van der Waals surface area contributed by atoms with Gasteiger partial charge < -0.3 is 14.8 Å². The summed E-state index contributed by atoms with van der Waals surface area (Å²) in [6.07, 6.45) is 2.09. The molecule has 0 fully saturated rings. The molecule has 0 atom stereocenters. The van der Waals surface area contributed by atoms with Crippen molar-refractivity contribution in [1.82, 2.24) is 5.32 Å². The van der Waals surface area contributed by atoms with Gasteiger partial charge in [0.25, 0.3) is 0 Å². The number of unbranched alkanes of at least 4 members (excludes halogenated alkanes) is 1. The minimum atomic E-state index is -0.235. The van der Waals surface area contributed by atoms with E-state index in [2.05, 4.69) is 12.2 Å². The first kappa shape index (κ1) is 14.9. The third-order valence-electron chi connectivity index (χ3n) is 2.58. The molecule has 0 saturated carbocycles. The molecule has 1 aromatic carbocycles. The molecular weight excluding hydrogens is 233 g/mol. The van der Waals surface area contributed by atoms with Crippen LogP contribution in [0, 0.1) is 5.82 Å². The Morgan fingerprint density at radius 1 is 1.28 bits per heavy atom. The molecule has 0 heterocycles. The zero-order chi connectivity index (χ0) is 13.2. The Morgan fingerprint density at radius 2 is 2.11 bits per heavy atom. The number of methoxy groups -OCH3 is 1. The van der Waals surface area contributed by atoms with Crippen molar-refractivity contribution in [2.75, 3.05) is 26.9 Å². The second-order valence-electron chi connectivity index (χ2n) is 4.12. The summed E-state index contributed by atoms with van der Waals surface area (Å²) < 4.78 is 23.8. The van der Waals surface area contributed by atoms with Crippen LogP contribution in [0.1, 0.15) is 25.3 Å². The second-order valence-corrected chi connectivity index (χ2v) is 4.12. The summed E-state index contributed by atoms with van der Waals surface area (Å²) in [5.74, 6) is 0.524. The predicted octanol–water partition coefficient (Wildman–Crippen LogP) is 2.74. The highest BCUT2D eigenvalue weighted by atomic mass is 19.1. The molecular formula is C14H22FNO2. The molecule has 0 aliphatic rings. The third kappa shape index (κ3) is 5.47. The van der Waals surface area contributed by atoms with E-state index in [1.54, 1.807) is 13.2 Å². The van der Waals surface area contributed by atoms with Crippen LogP contribution in [0.4, 0.5) is 4.39 Å². The topological polar surface area (TPSA) is 30.5 Å². The number of rotatable bonds is 9. The fraction of sp³-hybridized carbons (Fsp3) is 0.571. The summed E-state index contributed by atoms with van der Waals surface area (Å²) in [7, 11) is 1.66. The SMILES string of the molecule is CCCCOc1ccc(F)cc1CNCCOC. The molecule has 0 spiro atoms. The van der Waals surface area contributed by atoms with Crippen LogP contribution in [0.2, 0.25) is 0 Å². The summed E-state index contributed by atoms with van der Waals surface area (Å²) >= 11 is 0. The van der Waals surface area contributed by atoms with Gasteiger partial charge in [0, 0.05) is 25.8 Å². The van der Waals surface area contributed by atoms with Gasteiger partial charge in [0.1, 0.15) is 11.6 Å². The van der Waals surface area contributed by atoms with E-state index in [1.807, 2.05) is 0 Å². The number of hydrogen-bond donors (Lipinski definition) is 1. The van der Waals surface area contributed by atoms with Crippen molar-refractivity contribution in [2.45, 2.75) is 26.3 Å². The molecule has 0 aliphatic heterocycles. The number of halogens is 1. The quantitative estimate of drug-likeness (QED) is 0.688. The van der Waals surface area contributed by atoms with Gasteiger partial charge in [-0.05, 0) is 24.6 Å². The Hall–Kier alpha value is -1.13. The predicted molar refractivity (Wildman–Crippen MR) is 70.4 cm³/mol. The van der Waals surface area contributed by atoms with Crippen molar-refractivity contribution in [3.8, 4) is 5.75 Å². The zero-order valence-corrected chi connectivity index (χ0v) is 11.2. The molecule has 0 amide bonds. The van der Waals surface area contributed by atoms with E-state index in [0.717, 1.165) is 30.7 Å². The van der Waals surface area contributed by atoms with Gasteiger partial charge in [-0.1, -0.05) is 13.3 Å². The van der Waals surface area contributed by atoms with Crippen molar-refractivity contribution in [3.05, 3.63) is 29.6 Å². The normalized spacial score (nSPS) is 10.6. The van der Waals surface area contributed by atoms with Crippen molar-refractivity contribution in [1.29, 1.82) is 0 Å². The van der Waals surface area contributed by atoms with Crippen LogP contribution < -0.4 is 10.1 Å². The largest absolute Gasteiger partial charge is 0.493 e. The Balaban J connectivity index is 2.53. The molecule has 1 aromatic rings. The van der Waals surface area contributed by atoms with Crippen molar-refractivity contribution in [2.24, 2.45) is 0 Å². The van der Waals surface area contributed by atoms with Gasteiger partial charge in [0.05, 0.1) is 13.2 Å². The minimum absolute atomic E-state index is 0.235. The molecule has 0 bridgehead atoms. The first-order chi connectivity index (χ1) is 8.77. The maximum atomic E-state index is 13.2. The second kappa shape index (κ2) is 8.89. The lowest BCUT2D eigenvalue weighted by Gasteiger charge is -2.12. The Bertz CT molecular complexity index is 345. The monoisotopic (exact) mass is 255 g/mol. The van der Waals surface area contributed by atoms with Crippen LogP contribution in [0.15, 0.2) is 18.2 Å². The summed E-state index contributed by atoms with van der Waals surface area (Å²) in [5, 5.41) is 3.19. The van der Waals surface area contributed by atoms with Crippen LogP contribution >= 0.6 is 0 Å². The molecule has 18 heavy (non-hydrogen) atoms. The van der Waals surface area contributed by atoms with Crippen molar-refractivity contribution in [3.63, 3.8) is 0 Å². The van der Waals surface area contributed by atoms with E-state index in [1.165, 1.54) is 12.1 Å². The molecule has 1 rings (SSSR count). The van der Waals surface area contributed by atoms with E-state index in [9.17, 15) is 4.39 Å². The molecule has 0 aliphatic carbocycles. The number of ether oxygens (including phenoxy) is 2. The van der Waals surface area contributed by atoms with Crippen LogP contribution in [0.5, 0.6) is 5.75 Å². The first-order valence-electron chi connectivity index (χ1n) is 6.38. The lowest BCUT2D eigenvalue weighted by molar-refractivity contribution is 0.199. The van der Waals surface area contributed by atoms with E-state index in [-0.39, 0.29) is 5.82 Å². The number of benzene rings is 1. The Morgan fingerprint density at radius 3 is 2.83 bits per heavy atom. The molecule has 102 valence electrons. The maximum Gasteiger partial charge on any atom is 0.123 e. The van der Waals surface area contributed by atoms with Crippen LogP contribution in [0.3, 0.4) is 0 Å². The van der Waals surface area contributed by atoms with Crippen LogP contribution in [-0.4, -0.2) is 26.9 Å². The maximum absolute atomic E-state index is 13.2. The molecule has 0 saturated heterocycles. The summed E-state index contributed by atoms with van der Waals surface area (Å²) in [6.45, 7) is 4.75. The summed E-state index contributed by atoms with van der Waals surface area (Å²) in [6, 6.07) is 4.64. The average molecular weight is 255 g/mol. The van der Waals surface area contributed by atoms with E-state index < -0.39 is 0 Å². The van der Waals surface area contributed by atoms with Gasteiger partial charge in [-0.15, -0.1) is 0 Å². The highest BCUT2D eigenvalue weighted by molar-refractivity contribution is 5.33. The van der Waals surface area contributed by atoms with Crippen molar-refractivity contribution >= 4 is 0 Å². The fourth-order valence-corrected chi connectivity index (χ4v) is 1.55. The molecule has 0 radical (unpaired) electrons. The summed E-state index contributed by atoms with van der Waals surface area (Å²) in [4.78, 5) is 0. The Labute approximate surface area is 108 Å².